The van der Waals surface area contributed by atoms with Crippen LogP contribution < -0.4 is 5.32 Å². The summed E-state index contributed by atoms with van der Waals surface area (Å²) in [5.74, 6) is 0. The zero-order valence-electron chi connectivity index (χ0n) is 8.42. The summed E-state index contributed by atoms with van der Waals surface area (Å²) < 4.78 is 0. The number of allylic oxidation sites excluding steroid dienone is 4. The van der Waals surface area contributed by atoms with Crippen LogP contribution in [-0.4, -0.2) is 13.1 Å². The van der Waals surface area contributed by atoms with Gasteiger partial charge in [-0.05, 0) is 19.9 Å². The van der Waals surface area contributed by atoms with Gasteiger partial charge in [0.25, 0.3) is 0 Å². The topological polar surface area (TPSA) is 12.0 Å². The minimum atomic E-state index is 0.940. The number of rotatable bonds is 7. The highest BCUT2D eigenvalue weighted by molar-refractivity contribution is 5.14. The van der Waals surface area contributed by atoms with E-state index in [0.717, 1.165) is 19.5 Å². The minimum absolute atomic E-state index is 0.940. The molecule has 0 amide bonds. The van der Waals surface area contributed by atoms with E-state index in [2.05, 4.69) is 31.5 Å². The Kier molecular flexibility index (Phi) is 8.26. The molecule has 0 radical (unpaired) electrons. The van der Waals surface area contributed by atoms with Crippen molar-refractivity contribution in [3.63, 3.8) is 0 Å². The van der Waals surface area contributed by atoms with E-state index in [9.17, 15) is 0 Å². The molecule has 0 aromatic rings. The standard InChI is InChI=1S/C12H19N/c1-4-6-8-9-12(3)11-13-10-7-5-2/h4-6,8-9,13H,1-2,7,10-11H2,3H3/b8-6-,12-9+. The van der Waals surface area contributed by atoms with Gasteiger partial charge in [0, 0.05) is 6.54 Å². The fourth-order valence-electron chi connectivity index (χ4n) is 0.847. The van der Waals surface area contributed by atoms with Gasteiger partial charge >= 0.3 is 0 Å². The predicted molar refractivity (Wildman–Crippen MR) is 60.8 cm³/mol. The molecule has 0 aromatic carbocycles. The zero-order chi connectivity index (χ0) is 9.94. The quantitative estimate of drug-likeness (QED) is 0.358. The Bertz CT molecular complexity index is 199. The Morgan fingerprint density at radius 2 is 2.08 bits per heavy atom. The highest BCUT2D eigenvalue weighted by Gasteiger charge is 1.86. The molecule has 72 valence electrons. The third kappa shape index (κ3) is 8.83. The van der Waals surface area contributed by atoms with Gasteiger partial charge in [-0.15, -0.1) is 6.58 Å². The highest BCUT2D eigenvalue weighted by Crippen LogP contribution is 1.91. The van der Waals surface area contributed by atoms with Gasteiger partial charge in [-0.25, -0.2) is 0 Å². The predicted octanol–water partition coefficient (Wildman–Crippen LogP) is 2.84. The van der Waals surface area contributed by atoms with Crippen molar-refractivity contribution in [2.45, 2.75) is 13.3 Å². The summed E-state index contributed by atoms with van der Waals surface area (Å²) in [5, 5.41) is 3.31. The van der Waals surface area contributed by atoms with Gasteiger partial charge in [0.05, 0.1) is 0 Å². The van der Waals surface area contributed by atoms with E-state index < -0.39 is 0 Å². The van der Waals surface area contributed by atoms with Crippen LogP contribution in [0.2, 0.25) is 0 Å². The van der Waals surface area contributed by atoms with Gasteiger partial charge in [-0.2, -0.15) is 0 Å². The van der Waals surface area contributed by atoms with E-state index in [1.54, 1.807) is 6.08 Å². The summed E-state index contributed by atoms with van der Waals surface area (Å²) in [6, 6.07) is 0. The van der Waals surface area contributed by atoms with Gasteiger partial charge in [-0.1, -0.05) is 42.5 Å². The summed E-state index contributed by atoms with van der Waals surface area (Å²) in [5.41, 5.74) is 1.32. The summed E-state index contributed by atoms with van der Waals surface area (Å²) in [4.78, 5) is 0. The lowest BCUT2D eigenvalue weighted by molar-refractivity contribution is 0.739. The van der Waals surface area contributed by atoms with Crippen molar-refractivity contribution in [2.75, 3.05) is 13.1 Å². The third-order valence-electron chi connectivity index (χ3n) is 1.56. The van der Waals surface area contributed by atoms with Crippen molar-refractivity contribution in [3.05, 3.63) is 49.1 Å². The van der Waals surface area contributed by atoms with Crippen molar-refractivity contribution in [3.8, 4) is 0 Å². The minimum Gasteiger partial charge on any atom is -0.313 e. The molecule has 1 N–H and O–H groups in total. The molecule has 0 aromatic heterocycles. The SMILES string of the molecule is C=C/C=C\C=C(/C)CNCCC=C. The second-order valence-corrected chi connectivity index (χ2v) is 2.89. The van der Waals surface area contributed by atoms with Crippen molar-refractivity contribution < 1.29 is 0 Å². The van der Waals surface area contributed by atoms with Crippen molar-refractivity contribution in [1.29, 1.82) is 0 Å². The molecule has 0 saturated heterocycles. The molecule has 0 saturated carbocycles. The van der Waals surface area contributed by atoms with Crippen LogP contribution in [0.1, 0.15) is 13.3 Å². The van der Waals surface area contributed by atoms with Crippen molar-refractivity contribution >= 4 is 0 Å². The molecule has 0 spiro atoms. The van der Waals surface area contributed by atoms with Gasteiger partial charge in [0.15, 0.2) is 0 Å². The molecular formula is C12H19N. The molecule has 0 aliphatic rings. The summed E-state index contributed by atoms with van der Waals surface area (Å²) >= 11 is 0. The van der Waals surface area contributed by atoms with E-state index in [1.807, 2.05) is 18.2 Å². The number of nitrogens with one attached hydrogen (secondary N) is 1. The van der Waals surface area contributed by atoms with E-state index in [1.165, 1.54) is 5.57 Å². The second kappa shape index (κ2) is 9.01. The average molecular weight is 177 g/mol. The maximum Gasteiger partial charge on any atom is 0.0165 e. The number of hydrogen-bond acceptors (Lipinski definition) is 1. The molecule has 0 unspecified atom stereocenters. The lowest BCUT2D eigenvalue weighted by Gasteiger charge is -2.01. The molecule has 1 nitrogen and oxygen atoms in total. The van der Waals surface area contributed by atoms with E-state index in [4.69, 9.17) is 0 Å². The normalized spacial score (nSPS) is 11.9. The van der Waals surface area contributed by atoms with Crippen LogP contribution >= 0.6 is 0 Å². The van der Waals surface area contributed by atoms with Crippen LogP contribution in [0.3, 0.4) is 0 Å². The van der Waals surface area contributed by atoms with Gasteiger partial charge in [0.1, 0.15) is 0 Å². The van der Waals surface area contributed by atoms with Gasteiger partial charge in [0.2, 0.25) is 0 Å². The maximum atomic E-state index is 3.66. The van der Waals surface area contributed by atoms with Gasteiger partial charge < -0.3 is 5.32 Å². The van der Waals surface area contributed by atoms with Crippen LogP contribution in [0.15, 0.2) is 49.1 Å². The molecule has 0 rings (SSSR count). The van der Waals surface area contributed by atoms with Crippen molar-refractivity contribution in [2.24, 2.45) is 0 Å². The molecule has 0 aliphatic carbocycles. The van der Waals surface area contributed by atoms with Crippen LogP contribution in [-0.2, 0) is 0 Å². The van der Waals surface area contributed by atoms with Gasteiger partial charge in [-0.3, -0.25) is 0 Å². The fraction of sp³-hybridized carbons (Fsp3) is 0.333. The monoisotopic (exact) mass is 177 g/mol. The molecule has 0 atom stereocenters. The number of hydrogen-bond donors (Lipinski definition) is 1. The molecule has 13 heavy (non-hydrogen) atoms. The Morgan fingerprint density at radius 3 is 2.69 bits per heavy atom. The second-order valence-electron chi connectivity index (χ2n) is 2.89. The van der Waals surface area contributed by atoms with E-state index in [-0.39, 0.29) is 0 Å². The lowest BCUT2D eigenvalue weighted by atomic mass is 10.2. The Hall–Kier alpha value is -1.08. The van der Waals surface area contributed by atoms with E-state index in [0.29, 0.717) is 0 Å². The molecule has 0 bridgehead atoms. The third-order valence-corrected chi connectivity index (χ3v) is 1.56. The first-order valence-corrected chi connectivity index (χ1v) is 4.57. The molecule has 0 heterocycles. The molecule has 0 fully saturated rings. The van der Waals surface area contributed by atoms with Crippen LogP contribution in [0.25, 0.3) is 0 Å². The largest absolute Gasteiger partial charge is 0.313 e. The first kappa shape index (κ1) is 11.9. The average Bonchev–Trinajstić information content (AvgIpc) is 2.13. The lowest BCUT2D eigenvalue weighted by Crippen LogP contribution is -2.16. The molecular weight excluding hydrogens is 158 g/mol. The smallest absolute Gasteiger partial charge is 0.0165 e. The van der Waals surface area contributed by atoms with Crippen LogP contribution in [0.4, 0.5) is 0 Å². The Balaban J connectivity index is 3.54. The summed E-state index contributed by atoms with van der Waals surface area (Å²) in [6.07, 6.45) is 10.7. The summed E-state index contributed by atoms with van der Waals surface area (Å²) in [6.45, 7) is 11.3. The molecule has 0 aliphatic heterocycles. The zero-order valence-corrected chi connectivity index (χ0v) is 8.42. The fourth-order valence-corrected chi connectivity index (χ4v) is 0.847. The summed E-state index contributed by atoms with van der Waals surface area (Å²) in [7, 11) is 0. The van der Waals surface area contributed by atoms with Crippen molar-refractivity contribution in [1.82, 2.24) is 5.32 Å². The Morgan fingerprint density at radius 1 is 1.31 bits per heavy atom. The highest BCUT2D eigenvalue weighted by atomic mass is 14.8. The maximum absolute atomic E-state index is 3.66. The van der Waals surface area contributed by atoms with Crippen LogP contribution in [0.5, 0.6) is 0 Å². The molecule has 1 heteroatoms. The first-order chi connectivity index (χ1) is 6.31. The first-order valence-electron chi connectivity index (χ1n) is 4.57. The van der Waals surface area contributed by atoms with E-state index >= 15 is 0 Å². The Labute approximate surface area is 81.5 Å². The van der Waals surface area contributed by atoms with Crippen LogP contribution in [0, 0.1) is 0 Å².